The van der Waals surface area contributed by atoms with Crippen molar-refractivity contribution in [3.05, 3.63) is 115 Å². The molecule has 32 heavy (non-hydrogen) atoms. The highest BCUT2D eigenvalue weighted by Gasteiger charge is 2.11. The first-order valence-electron chi connectivity index (χ1n) is 11.1. The maximum atomic E-state index is 3.68. The predicted octanol–water partition coefficient (Wildman–Crippen LogP) is 9.20. The van der Waals surface area contributed by atoms with Crippen molar-refractivity contribution in [1.29, 1.82) is 0 Å². The van der Waals surface area contributed by atoms with Crippen LogP contribution in [0.3, 0.4) is 0 Å². The normalized spacial score (nSPS) is 13.4. The van der Waals surface area contributed by atoms with Crippen molar-refractivity contribution in [2.75, 3.05) is 5.32 Å². The number of nitrogens with one attached hydrogen (secondary N) is 1. The molecule has 5 aromatic rings. The number of hydrogen-bond donors (Lipinski definition) is 1. The number of benzene rings is 4. The van der Waals surface area contributed by atoms with E-state index in [9.17, 15) is 0 Å². The van der Waals surface area contributed by atoms with Crippen molar-refractivity contribution < 1.29 is 0 Å². The van der Waals surface area contributed by atoms with Gasteiger partial charge in [0.25, 0.3) is 0 Å². The highest BCUT2D eigenvalue weighted by atomic mass is 32.1. The van der Waals surface area contributed by atoms with Crippen molar-refractivity contribution in [1.82, 2.24) is 0 Å². The van der Waals surface area contributed by atoms with Gasteiger partial charge in [-0.3, -0.25) is 0 Å². The Labute approximate surface area is 192 Å². The molecule has 1 aliphatic carbocycles. The van der Waals surface area contributed by atoms with Gasteiger partial charge in [-0.2, -0.15) is 0 Å². The Kier molecular flexibility index (Phi) is 4.86. The van der Waals surface area contributed by atoms with Crippen LogP contribution in [0, 0.1) is 0 Å². The fraction of sp³-hybridized carbons (Fsp3) is 0.0667. The lowest BCUT2D eigenvalue weighted by Gasteiger charge is -2.15. The summed E-state index contributed by atoms with van der Waals surface area (Å²) in [5.74, 6) is 0. The molecule has 0 saturated carbocycles. The summed E-state index contributed by atoms with van der Waals surface area (Å²) >= 11 is 1.88. The number of rotatable bonds is 4. The summed E-state index contributed by atoms with van der Waals surface area (Å²) in [5, 5.41) is 6.36. The van der Waals surface area contributed by atoms with E-state index in [0.717, 1.165) is 24.2 Å². The van der Waals surface area contributed by atoms with E-state index in [-0.39, 0.29) is 0 Å². The number of para-hydroxylation sites is 1. The third-order valence-electron chi connectivity index (χ3n) is 6.09. The monoisotopic (exact) mass is 429 g/mol. The zero-order valence-electron chi connectivity index (χ0n) is 17.7. The van der Waals surface area contributed by atoms with E-state index in [2.05, 4.69) is 115 Å². The van der Waals surface area contributed by atoms with Crippen LogP contribution in [0.1, 0.15) is 18.4 Å². The third kappa shape index (κ3) is 3.43. The minimum atomic E-state index is 1.11. The van der Waals surface area contributed by atoms with Gasteiger partial charge in [0.15, 0.2) is 0 Å². The van der Waals surface area contributed by atoms with Crippen molar-refractivity contribution in [3.8, 4) is 11.1 Å². The maximum Gasteiger partial charge on any atom is 0.0463 e. The zero-order valence-corrected chi connectivity index (χ0v) is 18.5. The molecule has 0 saturated heterocycles. The van der Waals surface area contributed by atoms with Crippen LogP contribution < -0.4 is 5.32 Å². The number of thiophene rings is 1. The number of fused-ring (bicyclic) bond motifs is 3. The molecule has 0 unspecified atom stereocenters. The van der Waals surface area contributed by atoms with Crippen LogP contribution in [0.15, 0.2) is 109 Å². The SMILES string of the molecule is C1=CC(c2ccccc2Nc2cccc(-c3cccc4c3sc3ccccc34)c2)=CCC1. The highest BCUT2D eigenvalue weighted by molar-refractivity contribution is 7.26. The molecule has 6 rings (SSSR count). The van der Waals surface area contributed by atoms with Crippen LogP contribution in [0.25, 0.3) is 36.9 Å². The Bertz CT molecular complexity index is 1500. The third-order valence-corrected chi connectivity index (χ3v) is 7.31. The number of anilines is 2. The van der Waals surface area contributed by atoms with E-state index in [1.54, 1.807) is 0 Å². The molecule has 0 spiro atoms. The first-order valence-corrected chi connectivity index (χ1v) is 11.9. The summed E-state index contributed by atoms with van der Waals surface area (Å²) in [4.78, 5) is 0. The molecule has 2 heteroatoms. The lowest BCUT2D eigenvalue weighted by atomic mass is 9.98. The Morgan fingerprint density at radius 2 is 1.50 bits per heavy atom. The van der Waals surface area contributed by atoms with Gasteiger partial charge < -0.3 is 5.32 Å². The standard InChI is InChI=1S/C30H23NS/c1-2-10-21(11-3-1)24-14-4-6-18-28(24)31-23-13-8-12-22(20-23)25-16-9-17-27-26-15-5-7-19-29(26)32-30(25)27/h2,4-20,31H,1,3H2. The molecule has 1 nitrogen and oxygen atoms in total. The summed E-state index contributed by atoms with van der Waals surface area (Å²) < 4.78 is 2.69. The van der Waals surface area contributed by atoms with Crippen LogP contribution in [0.5, 0.6) is 0 Å². The highest BCUT2D eigenvalue weighted by Crippen LogP contribution is 2.40. The van der Waals surface area contributed by atoms with Gasteiger partial charge >= 0.3 is 0 Å². The van der Waals surface area contributed by atoms with E-state index in [4.69, 9.17) is 0 Å². The quantitative estimate of drug-likeness (QED) is 0.300. The average molecular weight is 430 g/mol. The molecule has 0 fully saturated rings. The van der Waals surface area contributed by atoms with E-state index in [1.807, 2.05) is 11.3 Å². The second-order valence-electron chi connectivity index (χ2n) is 8.17. The van der Waals surface area contributed by atoms with Gasteiger partial charge in [-0.1, -0.05) is 85.0 Å². The van der Waals surface area contributed by atoms with Crippen molar-refractivity contribution in [2.45, 2.75) is 12.8 Å². The summed E-state index contributed by atoms with van der Waals surface area (Å²) in [7, 11) is 0. The first kappa shape index (κ1) is 19.1. The average Bonchev–Trinajstić information content (AvgIpc) is 3.24. The van der Waals surface area contributed by atoms with Crippen LogP contribution in [-0.2, 0) is 0 Å². The molecule has 0 amide bonds. The van der Waals surface area contributed by atoms with Gasteiger partial charge in [0, 0.05) is 37.1 Å². The van der Waals surface area contributed by atoms with Crippen LogP contribution in [0.2, 0.25) is 0 Å². The molecule has 0 bridgehead atoms. The minimum absolute atomic E-state index is 1.11. The summed E-state index contributed by atoms with van der Waals surface area (Å²) in [6.45, 7) is 0. The predicted molar refractivity (Wildman–Crippen MR) is 141 cm³/mol. The van der Waals surface area contributed by atoms with Gasteiger partial charge in [-0.15, -0.1) is 11.3 Å². The second-order valence-corrected chi connectivity index (χ2v) is 9.22. The lowest BCUT2D eigenvalue weighted by molar-refractivity contribution is 1.04. The molecule has 0 aliphatic heterocycles. The largest absolute Gasteiger partial charge is 0.355 e. The van der Waals surface area contributed by atoms with E-state index in [1.165, 1.54) is 42.4 Å². The summed E-state index contributed by atoms with van der Waals surface area (Å²) in [6.07, 6.45) is 9.07. The molecule has 1 aliphatic rings. The Balaban J connectivity index is 1.41. The summed E-state index contributed by atoms with van der Waals surface area (Å²) in [6, 6.07) is 32.7. The van der Waals surface area contributed by atoms with Crippen LogP contribution in [0.4, 0.5) is 11.4 Å². The fourth-order valence-electron chi connectivity index (χ4n) is 4.55. The minimum Gasteiger partial charge on any atom is -0.355 e. The molecule has 154 valence electrons. The van der Waals surface area contributed by atoms with Crippen LogP contribution >= 0.6 is 11.3 Å². The molecule has 1 aromatic heterocycles. The van der Waals surface area contributed by atoms with Crippen molar-refractivity contribution in [3.63, 3.8) is 0 Å². The van der Waals surface area contributed by atoms with Gasteiger partial charge in [0.05, 0.1) is 0 Å². The summed E-state index contributed by atoms with van der Waals surface area (Å²) in [5.41, 5.74) is 7.32. The van der Waals surface area contributed by atoms with Crippen LogP contribution in [-0.4, -0.2) is 0 Å². The van der Waals surface area contributed by atoms with Gasteiger partial charge in [0.1, 0.15) is 0 Å². The maximum absolute atomic E-state index is 3.68. The molecular formula is C30H23NS. The van der Waals surface area contributed by atoms with E-state index >= 15 is 0 Å². The number of allylic oxidation sites excluding steroid dienone is 4. The Morgan fingerprint density at radius 3 is 2.44 bits per heavy atom. The molecule has 1 heterocycles. The van der Waals surface area contributed by atoms with Gasteiger partial charge in [-0.25, -0.2) is 0 Å². The molecule has 0 atom stereocenters. The zero-order chi connectivity index (χ0) is 21.3. The number of hydrogen-bond acceptors (Lipinski definition) is 2. The van der Waals surface area contributed by atoms with Gasteiger partial charge in [0.2, 0.25) is 0 Å². The fourth-order valence-corrected chi connectivity index (χ4v) is 5.79. The topological polar surface area (TPSA) is 12.0 Å². The molecular weight excluding hydrogens is 406 g/mol. The van der Waals surface area contributed by atoms with Crippen molar-refractivity contribution >= 4 is 48.5 Å². The first-order chi connectivity index (χ1) is 15.9. The lowest BCUT2D eigenvalue weighted by Crippen LogP contribution is -1.96. The van der Waals surface area contributed by atoms with Gasteiger partial charge in [-0.05, 0) is 53.8 Å². The van der Waals surface area contributed by atoms with E-state index < -0.39 is 0 Å². The Hall–Kier alpha value is -3.62. The molecule has 0 radical (unpaired) electrons. The van der Waals surface area contributed by atoms with E-state index in [0.29, 0.717) is 0 Å². The Morgan fingerprint density at radius 1 is 0.688 bits per heavy atom. The molecule has 1 N–H and O–H groups in total. The van der Waals surface area contributed by atoms with Crippen molar-refractivity contribution in [2.24, 2.45) is 0 Å². The smallest absolute Gasteiger partial charge is 0.0463 e. The second kappa shape index (κ2) is 8.14. The molecule has 4 aromatic carbocycles.